The third kappa shape index (κ3) is 2.51. The predicted molar refractivity (Wildman–Crippen MR) is 81.1 cm³/mol. The lowest BCUT2D eigenvalue weighted by molar-refractivity contribution is 0.295. The smallest absolute Gasteiger partial charge is 0.0445 e. The molecule has 1 atom stereocenters. The van der Waals surface area contributed by atoms with Gasteiger partial charge in [-0.05, 0) is 41.9 Å². The molecule has 1 aliphatic heterocycles. The first-order valence-corrected chi connectivity index (χ1v) is 7.12. The molecule has 2 aromatic carbocycles. The molecule has 0 fully saturated rings. The van der Waals surface area contributed by atoms with Crippen LogP contribution in [0.5, 0.6) is 0 Å². The molecule has 19 heavy (non-hydrogen) atoms. The Labute approximate surface area is 123 Å². The van der Waals surface area contributed by atoms with Gasteiger partial charge >= 0.3 is 0 Å². The standard InChI is InChI=1S/C16H15Cl2N/c1-19-9-11-4-2-3-5-13(11)15(10-19)14-8-12(17)6-7-16(14)18/h2-8,15H,9-10H2,1H3. The Kier molecular flexibility index (Phi) is 3.53. The summed E-state index contributed by atoms with van der Waals surface area (Å²) in [5, 5.41) is 1.53. The zero-order valence-corrected chi connectivity index (χ0v) is 12.2. The molecule has 1 unspecified atom stereocenters. The normalized spacial score (nSPS) is 19.2. The molecule has 1 aliphatic rings. The van der Waals surface area contributed by atoms with Gasteiger partial charge in [-0.2, -0.15) is 0 Å². The molecule has 0 N–H and O–H groups in total. The zero-order chi connectivity index (χ0) is 13.4. The van der Waals surface area contributed by atoms with Gasteiger partial charge in [0.1, 0.15) is 0 Å². The van der Waals surface area contributed by atoms with Crippen molar-refractivity contribution in [2.75, 3.05) is 13.6 Å². The van der Waals surface area contributed by atoms with Crippen LogP contribution in [-0.4, -0.2) is 18.5 Å². The Balaban J connectivity index is 2.12. The van der Waals surface area contributed by atoms with Gasteiger partial charge in [0, 0.05) is 29.1 Å². The largest absolute Gasteiger partial charge is 0.301 e. The van der Waals surface area contributed by atoms with E-state index >= 15 is 0 Å². The summed E-state index contributed by atoms with van der Waals surface area (Å²) in [4.78, 5) is 2.32. The average Bonchev–Trinajstić information content (AvgIpc) is 2.40. The molecule has 1 nitrogen and oxygen atoms in total. The van der Waals surface area contributed by atoms with E-state index in [1.807, 2.05) is 18.2 Å². The van der Waals surface area contributed by atoms with E-state index in [2.05, 4.69) is 36.2 Å². The minimum Gasteiger partial charge on any atom is -0.301 e. The zero-order valence-electron chi connectivity index (χ0n) is 10.7. The van der Waals surface area contributed by atoms with Crippen molar-refractivity contribution in [1.29, 1.82) is 0 Å². The molecular formula is C16H15Cl2N. The van der Waals surface area contributed by atoms with Crippen molar-refractivity contribution in [3.8, 4) is 0 Å². The van der Waals surface area contributed by atoms with Crippen molar-refractivity contribution in [3.05, 3.63) is 69.2 Å². The highest BCUT2D eigenvalue weighted by Gasteiger charge is 2.25. The maximum Gasteiger partial charge on any atom is 0.0445 e. The molecule has 0 amide bonds. The summed E-state index contributed by atoms with van der Waals surface area (Å²) in [7, 11) is 2.14. The van der Waals surface area contributed by atoms with Crippen molar-refractivity contribution in [3.63, 3.8) is 0 Å². The monoisotopic (exact) mass is 291 g/mol. The van der Waals surface area contributed by atoms with Crippen LogP contribution in [0, 0.1) is 0 Å². The minimum atomic E-state index is 0.293. The fourth-order valence-corrected chi connectivity index (χ4v) is 3.26. The van der Waals surface area contributed by atoms with E-state index in [-0.39, 0.29) is 0 Å². The number of benzene rings is 2. The molecule has 0 saturated heterocycles. The quantitative estimate of drug-likeness (QED) is 0.744. The molecule has 0 aliphatic carbocycles. The van der Waals surface area contributed by atoms with Gasteiger partial charge in [0.25, 0.3) is 0 Å². The number of rotatable bonds is 1. The summed E-state index contributed by atoms with van der Waals surface area (Å²) in [6.07, 6.45) is 0. The molecule has 0 aromatic heterocycles. The first-order valence-electron chi connectivity index (χ1n) is 6.36. The van der Waals surface area contributed by atoms with E-state index in [0.29, 0.717) is 5.92 Å². The lowest BCUT2D eigenvalue weighted by Crippen LogP contribution is -2.31. The van der Waals surface area contributed by atoms with Crippen molar-refractivity contribution in [2.45, 2.75) is 12.5 Å². The Morgan fingerprint density at radius 2 is 1.84 bits per heavy atom. The Bertz CT molecular complexity index is 609. The number of hydrogen-bond donors (Lipinski definition) is 0. The van der Waals surface area contributed by atoms with E-state index < -0.39 is 0 Å². The molecule has 3 rings (SSSR count). The van der Waals surface area contributed by atoms with Crippen LogP contribution < -0.4 is 0 Å². The second kappa shape index (κ2) is 5.16. The molecule has 0 radical (unpaired) electrons. The van der Waals surface area contributed by atoms with Crippen LogP contribution in [0.1, 0.15) is 22.6 Å². The Morgan fingerprint density at radius 3 is 2.68 bits per heavy atom. The summed E-state index contributed by atoms with van der Waals surface area (Å²) in [5.41, 5.74) is 3.86. The summed E-state index contributed by atoms with van der Waals surface area (Å²) >= 11 is 12.5. The maximum absolute atomic E-state index is 6.37. The minimum absolute atomic E-state index is 0.293. The van der Waals surface area contributed by atoms with Crippen LogP contribution in [0.4, 0.5) is 0 Å². The highest BCUT2D eigenvalue weighted by molar-refractivity contribution is 6.33. The van der Waals surface area contributed by atoms with E-state index in [4.69, 9.17) is 23.2 Å². The van der Waals surface area contributed by atoms with E-state index in [1.165, 1.54) is 11.1 Å². The molecule has 0 spiro atoms. The average molecular weight is 292 g/mol. The van der Waals surface area contributed by atoms with Crippen LogP contribution in [0.3, 0.4) is 0 Å². The third-order valence-electron chi connectivity index (χ3n) is 3.70. The van der Waals surface area contributed by atoms with Crippen molar-refractivity contribution < 1.29 is 0 Å². The SMILES string of the molecule is CN1Cc2ccccc2C(c2cc(Cl)ccc2Cl)C1. The number of halogens is 2. The second-order valence-corrected chi connectivity index (χ2v) is 5.96. The number of nitrogens with zero attached hydrogens (tertiary/aromatic N) is 1. The molecule has 0 saturated carbocycles. The fourth-order valence-electron chi connectivity index (χ4n) is 2.83. The van der Waals surface area contributed by atoms with Crippen LogP contribution in [0.25, 0.3) is 0 Å². The topological polar surface area (TPSA) is 3.24 Å². The molecule has 1 heterocycles. The van der Waals surface area contributed by atoms with Gasteiger partial charge in [-0.3, -0.25) is 0 Å². The molecule has 3 heteroatoms. The third-order valence-corrected chi connectivity index (χ3v) is 4.28. The van der Waals surface area contributed by atoms with E-state index in [9.17, 15) is 0 Å². The summed E-state index contributed by atoms with van der Waals surface area (Å²) in [6.45, 7) is 1.96. The number of likely N-dealkylation sites (N-methyl/N-ethyl adjacent to an activating group) is 1. The highest BCUT2D eigenvalue weighted by atomic mass is 35.5. The van der Waals surface area contributed by atoms with Gasteiger partial charge in [0.2, 0.25) is 0 Å². The second-order valence-electron chi connectivity index (χ2n) is 5.11. The van der Waals surface area contributed by atoms with Crippen LogP contribution in [0.15, 0.2) is 42.5 Å². The van der Waals surface area contributed by atoms with Gasteiger partial charge in [-0.25, -0.2) is 0 Å². The van der Waals surface area contributed by atoms with E-state index in [0.717, 1.165) is 28.7 Å². The van der Waals surface area contributed by atoms with Gasteiger partial charge < -0.3 is 4.90 Å². The van der Waals surface area contributed by atoms with Gasteiger partial charge in [0.05, 0.1) is 0 Å². The van der Waals surface area contributed by atoms with Crippen LogP contribution in [-0.2, 0) is 6.54 Å². The van der Waals surface area contributed by atoms with Gasteiger partial charge in [0.15, 0.2) is 0 Å². The van der Waals surface area contributed by atoms with Crippen LogP contribution in [0.2, 0.25) is 10.0 Å². The van der Waals surface area contributed by atoms with Gasteiger partial charge in [-0.1, -0.05) is 47.5 Å². The van der Waals surface area contributed by atoms with Crippen LogP contribution >= 0.6 is 23.2 Å². The fraction of sp³-hybridized carbons (Fsp3) is 0.250. The number of fused-ring (bicyclic) bond motifs is 1. The summed E-state index contributed by atoms with van der Waals surface area (Å²) < 4.78 is 0. The number of hydrogen-bond acceptors (Lipinski definition) is 1. The molecular weight excluding hydrogens is 277 g/mol. The molecule has 0 bridgehead atoms. The highest BCUT2D eigenvalue weighted by Crippen LogP contribution is 2.37. The predicted octanol–water partition coefficient (Wildman–Crippen LogP) is 4.57. The maximum atomic E-state index is 6.37. The lowest BCUT2D eigenvalue weighted by Gasteiger charge is -2.33. The first-order chi connectivity index (χ1) is 9.15. The van der Waals surface area contributed by atoms with Crippen molar-refractivity contribution in [2.24, 2.45) is 0 Å². The molecule has 2 aromatic rings. The summed E-state index contributed by atoms with van der Waals surface area (Å²) in [5.74, 6) is 0.293. The lowest BCUT2D eigenvalue weighted by atomic mass is 9.85. The molecule has 98 valence electrons. The Morgan fingerprint density at radius 1 is 1.05 bits per heavy atom. The summed E-state index contributed by atoms with van der Waals surface area (Å²) in [6, 6.07) is 14.3. The van der Waals surface area contributed by atoms with E-state index in [1.54, 1.807) is 0 Å². The van der Waals surface area contributed by atoms with Gasteiger partial charge in [-0.15, -0.1) is 0 Å². The first kappa shape index (κ1) is 13.0. The Hall–Kier alpha value is -1.02. The van der Waals surface area contributed by atoms with Crippen molar-refractivity contribution >= 4 is 23.2 Å². The van der Waals surface area contributed by atoms with Crippen molar-refractivity contribution in [1.82, 2.24) is 4.90 Å².